The van der Waals surface area contributed by atoms with Gasteiger partial charge in [0.05, 0.1) is 12.9 Å². The molecule has 0 aromatic carbocycles. The van der Waals surface area contributed by atoms with E-state index in [-0.39, 0.29) is 23.7 Å². The summed E-state index contributed by atoms with van der Waals surface area (Å²) in [7, 11) is -0.370. The van der Waals surface area contributed by atoms with Crippen molar-refractivity contribution in [3.63, 3.8) is 0 Å². The van der Waals surface area contributed by atoms with E-state index in [2.05, 4.69) is 32.6 Å². The van der Waals surface area contributed by atoms with Gasteiger partial charge in [-0.2, -0.15) is 0 Å². The molecule has 26 heavy (non-hydrogen) atoms. The third kappa shape index (κ3) is 4.81. The summed E-state index contributed by atoms with van der Waals surface area (Å²) < 4.78 is 16.8. The third-order valence-electron chi connectivity index (χ3n) is 4.77. The normalized spacial score (nSPS) is 28.9. The Balaban J connectivity index is 2.28. The molecule has 148 valence electrons. The second-order valence-electron chi connectivity index (χ2n) is 9.34. The van der Waals surface area contributed by atoms with E-state index in [4.69, 9.17) is 13.9 Å². The zero-order valence-electron chi connectivity index (χ0n) is 17.3. The molecule has 0 aromatic heterocycles. The van der Waals surface area contributed by atoms with Gasteiger partial charge in [0.25, 0.3) is 0 Å². The van der Waals surface area contributed by atoms with Gasteiger partial charge in [-0.15, -0.1) is 0 Å². The Labute approximate surface area is 158 Å². The number of hydrogen-bond acceptors (Lipinski definition) is 5. The van der Waals surface area contributed by atoms with Gasteiger partial charge in [-0.3, -0.25) is 4.90 Å². The molecule has 2 rings (SSSR count). The number of likely N-dealkylation sites (tertiary alicyclic amines) is 1. The minimum atomic E-state index is -1.74. The van der Waals surface area contributed by atoms with Crippen molar-refractivity contribution in [3.05, 3.63) is 11.8 Å². The molecule has 0 spiro atoms. The first-order valence-electron chi connectivity index (χ1n) is 9.29. The number of carbonyl (C=O) groups is 2. The van der Waals surface area contributed by atoms with Crippen molar-refractivity contribution in [1.29, 1.82) is 0 Å². The zero-order chi connectivity index (χ0) is 19.9. The number of carbonyl (C=O) groups excluding carboxylic acids is 2. The van der Waals surface area contributed by atoms with Crippen LogP contribution in [0.4, 0.5) is 4.79 Å². The fourth-order valence-corrected chi connectivity index (χ4v) is 4.82. The molecule has 1 amide bonds. The molecule has 1 fully saturated rings. The maximum absolute atomic E-state index is 12.7. The number of methoxy groups -OCH3 is 1. The monoisotopic (exact) mass is 383 g/mol. The highest BCUT2D eigenvalue weighted by Crippen LogP contribution is 2.44. The fraction of sp³-hybridized carbons (Fsp3) is 0.789. The highest BCUT2D eigenvalue weighted by atomic mass is 28.4. The number of allylic oxidation sites excluding steroid dienone is 2. The Morgan fingerprint density at radius 2 is 1.81 bits per heavy atom. The molecule has 1 aliphatic carbocycles. The Morgan fingerprint density at radius 3 is 2.31 bits per heavy atom. The third-order valence-corrected chi connectivity index (χ3v) is 5.64. The molecule has 2 aliphatic rings. The summed E-state index contributed by atoms with van der Waals surface area (Å²) >= 11 is 0. The van der Waals surface area contributed by atoms with Gasteiger partial charge in [0.1, 0.15) is 11.6 Å². The molecule has 1 unspecified atom stereocenters. The van der Waals surface area contributed by atoms with E-state index in [0.29, 0.717) is 13.0 Å². The van der Waals surface area contributed by atoms with Gasteiger partial charge in [-0.25, -0.2) is 9.59 Å². The van der Waals surface area contributed by atoms with Crippen LogP contribution in [0.2, 0.25) is 19.6 Å². The molecule has 4 atom stereocenters. The zero-order valence-corrected chi connectivity index (χ0v) is 18.3. The number of amides is 1. The topological polar surface area (TPSA) is 65.1 Å². The molecular weight excluding hydrogens is 350 g/mol. The molecule has 1 saturated heterocycles. The summed E-state index contributed by atoms with van der Waals surface area (Å²) in [5, 5.41) is 0. The number of nitrogens with zero attached hydrogens (tertiary/aromatic N) is 1. The Bertz CT molecular complexity index is 590. The van der Waals surface area contributed by atoms with Gasteiger partial charge < -0.3 is 13.9 Å². The Morgan fingerprint density at radius 1 is 1.19 bits per heavy atom. The molecule has 0 saturated carbocycles. The minimum absolute atomic E-state index is 0.0127. The van der Waals surface area contributed by atoms with Gasteiger partial charge >= 0.3 is 12.1 Å². The van der Waals surface area contributed by atoms with Crippen molar-refractivity contribution >= 4 is 20.4 Å². The molecule has 0 aromatic rings. The standard InChI is InChI=1S/C19H33NO5Si/c1-12-9-13(25-26(6,7)8)10-14-15(12)11-20(16(14)17(21)23-5)18(22)24-19(2,3)4/h9,12,14-16H,10-11H2,1-8H3/t12?,14-,15+,16-/m0/s1. The van der Waals surface area contributed by atoms with Crippen LogP contribution in [0.5, 0.6) is 0 Å². The summed E-state index contributed by atoms with van der Waals surface area (Å²) in [5.74, 6) is 0.962. The number of esters is 1. The van der Waals surface area contributed by atoms with Gasteiger partial charge in [0, 0.05) is 18.9 Å². The summed E-state index contributed by atoms with van der Waals surface area (Å²) in [6, 6.07) is -0.628. The lowest BCUT2D eigenvalue weighted by molar-refractivity contribution is -0.147. The van der Waals surface area contributed by atoms with E-state index in [1.807, 2.05) is 20.8 Å². The van der Waals surface area contributed by atoms with Crippen molar-refractivity contribution in [2.75, 3.05) is 13.7 Å². The highest BCUT2D eigenvalue weighted by Gasteiger charge is 2.52. The SMILES string of the molecule is COC(=O)[C@@H]1[C@H]2CC(O[Si](C)(C)C)=CC(C)[C@H]2CN1C(=O)OC(C)(C)C. The average molecular weight is 384 g/mol. The molecule has 0 N–H and O–H groups in total. The number of rotatable bonds is 3. The lowest BCUT2D eigenvalue weighted by Crippen LogP contribution is -2.46. The quantitative estimate of drug-likeness (QED) is 0.548. The molecule has 0 bridgehead atoms. The minimum Gasteiger partial charge on any atom is -0.548 e. The van der Waals surface area contributed by atoms with E-state index < -0.39 is 26.1 Å². The van der Waals surface area contributed by atoms with E-state index >= 15 is 0 Å². The lowest BCUT2D eigenvalue weighted by atomic mass is 9.75. The van der Waals surface area contributed by atoms with Crippen LogP contribution in [-0.4, -0.2) is 50.6 Å². The second-order valence-corrected chi connectivity index (χ2v) is 13.8. The summed E-state index contributed by atoms with van der Waals surface area (Å²) in [4.78, 5) is 26.8. The fourth-order valence-electron chi connectivity index (χ4n) is 3.88. The van der Waals surface area contributed by atoms with Crippen LogP contribution >= 0.6 is 0 Å². The molecule has 6 nitrogen and oxygen atoms in total. The maximum atomic E-state index is 12.7. The number of fused-ring (bicyclic) bond motifs is 1. The van der Waals surface area contributed by atoms with Crippen LogP contribution in [0.1, 0.15) is 34.1 Å². The van der Waals surface area contributed by atoms with Gasteiger partial charge in [-0.1, -0.05) is 6.92 Å². The van der Waals surface area contributed by atoms with Crippen molar-refractivity contribution in [2.45, 2.75) is 65.4 Å². The average Bonchev–Trinajstić information content (AvgIpc) is 2.83. The molecule has 1 aliphatic heterocycles. The van der Waals surface area contributed by atoms with Crippen molar-refractivity contribution in [1.82, 2.24) is 4.90 Å². The maximum Gasteiger partial charge on any atom is 0.411 e. The molecule has 1 heterocycles. The van der Waals surface area contributed by atoms with E-state index in [9.17, 15) is 9.59 Å². The van der Waals surface area contributed by atoms with E-state index in [1.165, 1.54) is 7.11 Å². The van der Waals surface area contributed by atoms with Crippen LogP contribution in [-0.2, 0) is 18.7 Å². The lowest BCUT2D eigenvalue weighted by Gasteiger charge is -2.34. The highest BCUT2D eigenvalue weighted by molar-refractivity contribution is 6.70. The van der Waals surface area contributed by atoms with Crippen LogP contribution in [0, 0.1) is 17.8 Å². The summed E-state index contributed by atoms with van der Waals surface area (Å²) in [5.41, 5.74) is -0.610. The molecule has 7 heteroatoms. The van der Waals surface area contributed by atoms with Crippen molar-refractivity contribution in [2.24, 2.45) is 17.8 Å². The van der Waals surface area contributed by atoms with Crippen LogP contribution < -0.4 is 0 Å². The predicted molar refractivity (Wildman–Crippen MR) is 102 cm³/mol. The first-order chi connectivity index (χ1) is 11.8. The smallest absolute Gasteiger partial charge is 0.411 e. The van der Waals surface area contributed by atoms with Crippen LogP contribution in [0.15, 0.2) is 11.8 Å². The van der Waals surface area contributed by atoms with Gasteiger partial charge in [-0.05, 0) is 58.3 Å². The number of hydrogen-bond donors (Lipinski definition) is 0. The predicted octanol–water partition coefficient (Wildman–Crippen LogP) is 3.79. The van der Waals surface area contributed by atoms with Crippen LogP contribution in [0.25, 0.3) is 0 Å². The first-order valence-corrected chi connectivity index (χ1v) is 12.7. The summed E-state index contributed by atoms with van der Waals surface area (Å²) in [6.07, 6.45) is 2.35. The summed E-state index contributed by atoms with van der Waals surface area (Å²) in [6.45, 7) is 14.5. The van der Waals surface area contributed by atoms with Gasteiger partial charge in [0.15, 0.2) is 0 Å². The number of ether oxygens (including phenoxy) is 2. The molecular formula is C19H33NO5Si. The van der Waals surface area contributed by atoms with Gasteiger partial charge in [0.2, 0.25) is 8.32 Å². The second kappa shape index (κ2) is 7.25. The Hall–Kier alpha value is -1.50. The van der Waals surface area contributed by atoms with Crippen molar-refractivity contribution in [3.8, 4) is 0 Å². The van der Waals surface area contributed by atoms with Crippen LogP contribution in [0.3, 0.4) is 0 Å². The largest absolute Gasteiger partial charge is 0.548 e. The van der Waals surface area contributed by atoms with E-state index in [0.717, 1.165) is 5.76 Å². The van der Waals surface area contributed by atoms with Crippen molar-refractivity contribution < 1.29 is 23.5 Å². The Kier molecular flexibility index (Phi) is 5.80. The first kappa shape index (κ1) is 20.8. The van der Waals surface area contributed by atoms with E-state index in [1.54, 1.807) is 4.90 Å². The molecule has 0 radical (unpaired) electrons.